The molecule has 1 saturated heterocycles. The molecule has 0 radical (unpaired) electrons. The third-order valence-corrected chi connectivity index (χ3v) is 2.14. The largest absolute Gasteiger partial charge is 0.468 e. The lowest BCUT2D eigenvalue weighted by molar-refractivity contribution is -0.139. The summed E-state index contributed by atoms with van der Waals surface area (Å²) in [6.07, 6.45) is 2.85. The molecule has 1 aliphatic heterocycles. The van der Waals surface area contributed by atoms with Crippen LogP contribution in [0.4, 0.5) is 0 Å². The molecule has 1 fully saturated rings. The average molecular weight is 228 g/mol. The molecule has 6 nitrogen and oxygen atoms in total. The maximum absolute atomic E-state index is 11.5. The Bertz CT molecular complexity index is 272. The third-order valence-electron chi connectivity index (χ3n) is 2.14. The number of morpholine rings is 1. The minimum absolute atomic E-state index is 0.0589. The van der Waals surface area contributed by atoms with E-state index in [9.17, 15) is 9.59 Å². The fraction of sp³-hybridized carbons (Fsp3) is 0.600. The van der Waals surface area contributed by atoms with Gasteiger partial charge in [-0.15, -0.1) is 0 Å². The predicted molar refractivity (Wildman–Crippen MR) is 56.6 cm³/mol. The highest BCUT2D eigenvalue weighted by Crippen LogP contribution is 1.97. The molecule has 6 heteroatoms. The third kappa shape index (κ3) is 4.31. The lowest BCUT2D eigenvalue weighted by Gasteiger charge is -2.25. The monoisotopic (exact) mass is 228 g/mol. The number of amides is 1. The number of esters is 1. The summed E-state index contributed by atoms with van der Waals surface area (Å²) < 4.78 is 9.55. The summed E-state index contributed by atoms with van der Waals surface area (Å²) in [5.41, 5.74) is 0. The van der Waals surface area contributed by atoms with E-state index < -0.39 is 0 Å². The van der Waals surface area contributed by atoms with Crippen LogP contribution in [0.3, 0.4) is 0 Å². The molecule has 0 saturated carbocycles. The minimum atomic E-state index is -0.372. The number of carbonyl (C=O) groups is 2. The zero-order chi connectivity index (χ0) is 11.8. The van der Waals surface area contributed by atoms with Crippen molar-refractivity contribution >= 4 is 11.9 Å². The van der Waals surface area contributed by atoms with Gasteiger partial charge in [0.05, 0.1) is 20.3 Å². The number of carbonyl (C=O) groups excluding carboxylic acids is 2. The maximum Gasteiger partial charge on any atom is 0.325 e. The molecule has 1 N–H and O–H groups in total. The maximum atomic E-state index is 11.5. The summed E-state index contributed by atoms with van der Waals surface area (Å²) in [4.78, 5) is 24.0. The molecule has 0 aromatic heterocycles. The van der Waals surface area contributed by atoms with Crippen molar-refractivity contribution in [2.75, 3.05) is 40.0 Å². The van der Waals surface area contributed by atoms with Crippen molar-refractivity contribution in [2.24, 2.45) is 0 Å². The van der Waals surface area contributed by atoms with Crippen LogP contribution < -0.4 is 5.32 Å². The Labute approximate surface area is 94.2 Å². The second kappa shape index (κ2) is 6.84. The van der Waals surface area contributed by atoms with Crippen LogP contribution in [-0.4, -0.2) is 56.7 Å². The fourth-order valence-electron chi connectivity index (χ4n) is 1.23. The summed E-state index contributed by atoms with van der Waals surface area (Å²) in [5.74, 6) is -0.455. The second-order valence-electron chi connectivity index (χ2n) is 3.23. The van der Waals surface area contributed by atoms with Crippen LogP contribution in [-0.2, 0) is 19.1 Å². The van der Waals surface area contributed by atoms with Crippen molar-refractivity contribution in [3.8, 4) is 0 Å². The number of nitrogens with one attached hydrogen (secondary N) is 1. The molecule has 0 atom stereocenters. The van der Waals surface area contributed by atoms with Gasteiger partial charge in [0.1, 0.15) is 6.54 Å². The zero-order valence-electron chi connectivity index (χ0n) is 9.27. The molecule has 0 bridgehead atoms. The highest BCUT2D eigenvalue weighted by atomic mass is 16.5. The Kier molecular flexibility index (Phi) is 5.35. The van der Waals surface area contributed by atoms with Gasteiger partial charge in [0.2, 0.25) is 5.91 Å². The fourth-order valence-corrected chi connectivity index (χ4v) is 1.23. The highest BCUT2D eigenvalue weighted by Gasteiger charge is 2.13. The summed E-state index contributed by atoms with van der Waals surface area (Å²) in [7, 11) is 1.31. The van der Waals surface area contributed by atoms with Crippen LogP contribution in [0.25, 0.3) is 0 Å². The van der Waals surface area contributed by atoms with E-state index in [1.807, 2.05) is 0 Å². The number of hydrogen-bond acceptors (Lipinski definition) is 5. The van der Waals surface area contributed by atoms with Gasteiger partial charge in [0.15, 0.2) is 0 Å². The van der Waals surface area contributed by atoms with Gasteiger partial charge in [-0.05, 0) is 0 Å². The molecule has 1 aliphatic rings. The number of rotatable bonds is 4. The molecule has 1 rings (SSSR count). The first kappa shape index (κ1) is 12.5. The van der Waals surface area contributed by atoms with E-state index in [0.717, 1.165) is 0 Å². The zero-order valence-corrected chi connectivity index (χ0v) is 9.27. The number of ether oxygens (including phenoxy) is 2. The molecule has 1 amide bonds. The van der Waals surface area contributed by atoms with E-state index in [-0.39, 0.29) is 18.4 Å². The van der Waals surface area contributed by atoms with E-state index in [2.05, 4.69) is 10.1 Å². The summed E-state index contributed by atoms with van der Waals surface area (Å²) in [6.45, 7) is 2.44. The Morgan fingerprint density at radius 1 is 1.44 bits per heavy atom. The molecular weight excluding hydrogens is 212 g/mol. The molecular formula is C10H16N2O4. The SMILES string of the molecule is COC(=O)CN/C=C/C(=O)N1CCOCC1. The van der Waals surface area contributed by atoms with Crippen molar-refractivity contribution in [2.45, 2.75) is 0 Å². The average Bonchev–Trinajstić information content (AvgIpc) is 2.35. The van der Waals surface area contributed by atoms with E-state index in [1.54, 1.807) is 4.90 Å². The number of hydrogen-bond donors (Lipinski definition) is 1. The van der Waals surface area contributed by atoms with Crippen LogP contribution in [0.1, 0.15) is 0 Å². The van der Waals surface area contributed by atoms with Crippen molar-refractivity contribution in [1.82, 2.24) is 10.2 Å². The predicted octanol–water partition coefficient (Wildman–Crippen LogP) is -0.878. The van der Waals surface area contributed by atoms with Crippen molar-refractivity contribution in [3.05, 3.63) is 12.3 Å². The van der Waals surface area contributed by atoms with Crippen molar-refractivity contribution in [3.63, 3.8) is 0 Å². The lowest BCUT2D eigenvalue weighted by atomic mass is 10.4. The minimum Gasteiger partial charge on any atom is -0.468 e. The van der Waals surface area contributed by atoms with Gasteiger partial charge in [-0.1, -0.05) is 0 Å². The van der Waals surface area contributed by atoms with E-state index in [0.29, 0.717) is 26.3 Å². The van der Waals surface area contributed by atoms with Crippen LogP contribution in [0, 0.1) is 0 Å². The first-order chi connectivity index (χ1) is 7.74. The van der Waals surface area contributed by atoms with Gasteiger partial charge < -0.3 is 19.7 Å². The topological polar surface area (TPSA) is 67.9 Å². The van der Waals surface area contributed by atoms with Crippen LogP contribution in [0.2, 0.25) is 0 Å². The molecule has 0 aromatic rings. The van der Waals surface area contributed by atoms with Crippen molar-refractivity contribution in [1.29, 1.82) is 0 Å². The Morgan fingerprint density at radius 3 is 2.75 bits per heavy atom. The number of nitrogens with zero attached hydrogens (tertiary/aromatic N) is 1. The molecule has 1 heterocycles. The van der Waals surface area contributed by atoms with Gasteiger partial charge >= 0.3 is 5.97 Å². The molecule has 90 valence electrons. The molecule has 0 aliphatic carbocycles. The normalized spacial score (nSPS) is 16.2. The van der Waals surface area contributed by atoms with E-state index >= 15 is 0 Å². The van der Waals surface area contributed by atoms with Crippen LogP contribution >= 0.6 is 0 Å². The lowest BCUT2D eigenvalue weighted by Crippen LogP contribution is -2.40. The summed E-state index contributed by atoms with van der Waals surface area (Å²) >= 11 is 0. The van der Waals surface area contributed by atoms with Gasteiger partial charge in [-0.2, -0.15) is 0 Å². The first-order valence-electron chi connectivity index (χ1n) is 5.07. The van der Waals surface area contributed by atoms with Gasteiger partial charge in [0, 0.05) is 25.4 Å². The van der Waals surface area contributed by atoms with E-state index in [4.69, 9.17) is 4.74 Å². The summed E-state index contributed by atoms with van der Waals surface area (Å²) in [6, 6.07) is 0. The molecule has 0 unspecified atom stereocenters. The second-order valence-corrected chi connectivity index (χ2v) is 3.23. The Balaban J connectivity index is 2.22. The van der Waals surface area contributed by atoms with Gasteiger partial charge in [0.25, 0.3) is 0 Å². The standard InChI is InChI=1S/C10H16N2O4/c1-15-10(14)8-11-3-2-9(13)12-4-6-16-7-5-12/h2-3,11H,4-8H2,1H3/b3-2+. The van der Waals surface area contributed by atoms with Crippen LogP contribution in [0.15, 0.2) is 12.3 Å². The van der Waals surface area contributed by atoms with Crippen LogP contribution in [0.5, 0.6) is 0 Å². The smallest absolute Gasteiger partial charge is 0.325 e. The summed E-state index contributed by atoms with van der Waals surface area (Å²) in [5, 5.41) is 2.67. The number of methoxy groups -OCH3 is 1. The Morgan fingerprint density at radius 2 is 2.12 bits per heavy atom. The highest BCUT2D eigenvalue weighted by molar-refractivity contribution is 5.87. The first-order valence-corrected chi connectivity index (χ1v) is 5.07. The van der Waals surface area contributed by atoms with Gasteiger partial charge in [-0.25, -0.2) is 0 Å². The van der Waals surface area contributed by atoms with E-state index in [1.165, 1.54) is 19.4 Å². The molecule has 0 aromatic carbocycles. The molecule has 0 spiro atoms. The van der Waals surface area contributed by atoms with Crippen molar-refractivity contribution < 1.29 is 19.1 Å². The Hall–Kier alpha value is -1.56. The quantitative estimate of drug-likeness (QED) is 0.500. The molecule has 16 heavy (non-hydrogen) atoms. The van der Waals surface area contributed by atoms with Gasteiger partial charge in [-0.3, -0.25) is 9.59 Å².